The van der Waals surface area contributed by atoms with Gasteiger partial charge in [0.05, 0.1) is 0 Å². The highest BCUT2D eigenvalue weighted by Gasteiger charge is 2.51. The second-order valence-corrected chi connectivity index (χ2v) is 5.21. The van der Waals surface area contributed by atoms with Gasteiger partial charge in [-0.05, 0) is 12.8 Å². The molecule has 0 radical (unpaired) electrons. The van der Waals surface area contributed by atoms with Crippen molar-refractivity contribution in [2.24, 2.45) is 0 Å². The number of ether oxygens (including phenoxy) is 1. The molecule has 0 bridgehead atoms. The van der Waals surface area contributed by atoms with Crippen LogP contribution in [0.4, 0.5) is 4.79 Å². The SMILES string of the molecule is O=C1NC2(CCOCC2)C(=O)N1CCCCCCl. The van der Waals surface area contributed by atoms with E-state index >= 15 is 0 Å². The van der Waals surface area contributed by atoms with Gasteiger partial charge in [-0.25, -0.2) is 4.79 Å². The van der Waals surface area contributed by atoms with E-state index in [-0.39, 0.29) is 11.9 Å². The van der Waals surface area contributed by atoms with Crippen molar-refractivity contribution in [2.45, 2.75) is 37.6 Å². The van der Waals surface area contributed by atoms with Crippen molar-refractivity contribution in [3.8, 4) is 0 Å². The standard InChI is InChI=1S/C12H19ClN2O3/c13-6-2-1-3-7-15-10(16)12(14-11(15)17)4-8-18-9-5-12/h1-9H2,(H,14,17). The number of alkyl halides is 1. The van der Waals surface area contributed by atoms with Crippen LogP contribution in [0.3, 0.4) is 0 Å². The first kappa shape index (κ1) is 13.6. The molecule has 0 aromatic rings. The van der Waals surface area contributed by atoms with Crippen LogP contribution in [0, 0.1) is 0 Å². The summed E-state index contributed by atoms with van der Waals surface area (Å²) in [5, 5.41) is 2.84. The van der Waals surface area contributed by atoms with E-state index < -0.39 is 5.54 Å². The monoisotopic (exact) mass is 274 g/mol. The summed E-state index contributed by atoms with van der Waals surface area (Å²) >= 11 is 5.60. The lowest BCUT2D eigenvalue weighted by molar-refractivity contribution is -0.134. The molecule has 5 nitrogen and oxygen atoms in total. The molecule has 0 atom stereocenters. The number of unbranched alkanes of at least 4 members (excludes halogenated alkanes) is 2. The van der Waals surface area contributed by atoms with Crippen LogP contribution < -0.4 is 5.32 Å². The van der Waals surface area contributed by atoms with Crippen molar-refractivity contribution in [3.05, 3.63) is 0 Å². The van der Waals surface area contributed by atoms with Gasteiger partial charge in [-0.1, -0.05) is 6.42 Å². The van der Waals surface area contributed by atoms with Crippen molar-refractivity contribution in [1.29, 1.82) is 0 Å². The number of urea groups is 1. The molecule has 0 saturated carbocycles. The highest BCUT2D eigenvalue weighted by atomic mass is 35.5. The maximum atomic E-state index is 12.3. The summed E-state index contributed by atoms with van der Waals surface area (Å²) in [6.45, 7) is 1.56. The topological polar surface area (TPSA) is 58.6 Å². The van der Waals surface area contributed by atoms with Crippen molar-refractivity contribution < 1.29 is 14.3 Å². The van der Waals surface area contributed by atoms with Crippen LogP contribution in [0.15, 0.2) is 0 Å². The number of amides is 3. The molecule has 2 saturated heterocycles. The number of hydrogen-bond donors (Lipinski definition) is 1. The van der Waals surface area contributed by atoms with Crippen LogP contribution in [-0.2, 0) is 9.53 Å². The van der Waals surface area contributed by atoms with E-state index in [9.17, 15) is 9.59 Å². The second kappa shape index (κ2) is 5.89. The normalized spacial score (nSPS) is 22.6. The summed E-state index contributed by atoms with van der Waals surface area (Å²) in [5.41, 5.74) is -0.693. The molecule has 2 aliphatic heterocycles. The van der Waals surface area contributed by atoms with Crippen molar-refractivity contribution in [3.63, 3.8) is 0 Å². The molecule has 1 spiro atoms. The van der Waals surface area contributed by atoms with E-state index in [0.29, 0.717) is 38.5 Å². The number of hydrogen-bond acceptors (Lipinski definition) is 3. The fourth-order valence-electron chi connectivity index (χ4n) is 2.48. The van der Waals surface area contributed by atoms with Crippen LogP contribution >= 0.6 is 11.6 Å². The minimum atomic E-state index is -0.693. The lowest BCUT2D eigenvalue weighted by Crippen LogP contribution is -2.51. The minimum Gasteiger partial charge on any atom is -0.381 e. The summed E-state index contributed by atoms with van der Waals surface area (Å²) in [6.07, 6.45) is 3.84. The largest absolute Gasteiger partial charge is 0.381 e. The number of rotatable bonds is 5. The van der Waals surface area contributed by atoms with Gasteiger partial charge in [-0.3, -0.25) is 9.69 Å². The Morgan fingerprint density at radius 2 is 1.94 bits per heavy atom. The van der Waals surface area contributed by atoms with E-state index in [1.54, 1.807) is 0 Å². The summed E-state index contributed by atoms with van der Waals surface area (Å²) in [6, 6.07) is -0.257. The third kappa shape index (κ3) is 2.62. The summed E-state index contributed by atoms with van der Waals surface area (Å²) in [7, 11) is 0. The van der Waals surface area contributed by atoms with Crippen molar-refractivity contribution >= 4 is 23.5 Å². The number of carbonyl (C=O) groups is 2. The Bertz CT molecular complexity index is 329. The van der Waals surface area contributed by atoms with Gasteiger partial charge in [0, 0.05) is 38.5 Å². The molecule has 0 aliphatic carbocycles. The van der Waals surface area contributed by atoms with Gasteiger partial charge in [0.1, 0.15) is 5.54 Å². The summed E-state index contributed by atoms with van der Waals surface area (Å²) in [5.74, 6) is 0.545. The molecule has 1 N–H and O–H groups in total. The van der Waals surface area contributed by atoms with Gasteiger partial charge >= 0.3 is 6.03 Å². The van der Waals surface area contributed by atoms with Gasteiger partial charge in [0.25, 0.3) is 5.91 Å². The number of carbonyl (C=O) groups excluding carboxylic acids is 2. The molecule has 0 aromatic heterocycles. The van der Waals surface area contributed by atoms with Gasteiger partial charge < -0.3 is 10.1 Å². The average Bonchev–Trinajstić information content (AvgIpc) is 2.59. The Morgan fingerprint density at radius 1 is 1.22 bits per heavy atom. The Kier molecular flexibility index (Phi) is 4.45. The van der Waals surface area contributed by atoms with Crippen molar-refractivity contribution in [2.75, 3.05) is 25.6 Å². The first-order chi connectivity index (χ1) is 8.69. The second-order valence-electron chi connectivity index (χ2n) is 4.83. The van der Waals surface area contributed by atoms with Gasteiger partial charge in [0.15, 0.2) is 0 Å². The number of halogens is 1. The molecule has 2 aliphatic rings. The molecule has 102 valence electrons. The summed E-state index contributed by atoms with van der Waals surface area (Å²) < 4.78 is 5.25. The Hall–Kier alpha value is -0.810. The highest BCUT2D eigenvalue weighted by Crippen LogP contribution is 2.28. The molecule has 6 heteroatoms. The Morgan fingerprint density at radius 3 is 2.61 bits per heavy atom. The number of imide groups is 1. The fraction of sp³-hybridized carbons (Fsp3) is 0.833. The molecule has 2 rings (SSSR count). The van der Waals surface area contributed by atoms with E-state index in [1.165, 1.54) is 4.90 Å². The first-order valence-electron chi connectivity index (χ1n) is 6.47. The Balaban J connectivity index is 1.92. The van der Waals surface area contributed by atoms with Crippen LogP contribution in [0.25, 0.3) is 0 Å². The number of nitrogens with one attached hydrogen (secondary N) is 1. The predicted molar refractivity (Wildman–Crippen MR) is 67.6 cm³/mol. The molecular weight excluding hydrogens is 256 g/mol. The summed E-state index contributed by atoms with van der Waals surface area (Å²) in [4.78, 5) is 25.5. The zero-order valence-corrected chi connectivity index (χ0v) is 11.2. The Labute approximate surface area is 112 Å². The van der Waals surface area contributed by atoms with E-state index in [1.807, 2.05) is 0 Å². The number of nitrogens with zero attached hydrogens (tertiary/aromatic N) is 1. The van der Waals surface area contributed by atoms with E-state index in [0.717, 1.165) is 19.3 Å². The molecule has 0 unspecified atom stereocenters. The minimum absolute atomic E-state index is 0.0818. The maximum absolute atomic E-state index is 12.3. The van der Waals surface area contributed by atoms with Crippen LogP contribution in [0.2, 0.25) is 0 Å². The fourth-order valence-corrected chi connectivity index (χ4v) is 2.67. The van der Waals surface area contributed by atoms with Crippen LogP contribution in [0.1, 0.15) is 32.1 Å². The molecule has 2 fully saturated rings. The van der Waals surface area contributed by atoms with Crippen LogP contribution in [0.5, 0.6) is 0 Å². The molecule has 3 amide bonds. The average molecular weight is 275 g/mol. The van der Waals surface area contributed by atoms with E-state index in [2.05, 4.69) is 5.32 Å². The third-order valence-electron chi connectivity index (χ3n) is 3.61. The molecule has 2 heterocycles. The lowest BCUT2D eigenvalue weighted by Gasteiger charge is -2.30. The quantitative estimate of drug-likeness (QED) is 0.469. The maximum Gasteiger partial charge on any atom is 0.325 e. The highest BCUT2D eigenvalue weighted by molar-refractivity contribution is 6.17. The van der Waals surface area contributed by atoms with Crippen molar-refractivity contribution in [1.82, 2.24) is 10.2 Å². The van der Waals surface area contributed by atoms with Gasteiger partial charge in [0.2, 0.25) is 0 Å². The van der Waals surface area contributed by atoms with Gasteiger partial charge in [-0.2, -0.15) is 0 Å². The predicted octanol–water partition coefficient (Wildman–Crippen LogP) is 1.50. The molecular formula is C12H19ClN2O3. The molecule has 18 heavy (non-hydrogen) atoms. The van der Waals surface area contributed by atoms with Crippen LogP contribution in [-0.4, -0.2) is 48.0 Å². The lowest BCUT2D eigenvalue weighted by atomic mass is 9.90. The zero-order chi connectivity index (χ0) is 13.0. The van der Waals surface area contributed by atoms with E-state index in [4.69, 9.17) is 16.3 Å². The first-order valence-corrected chi connectivity index (χ1v) is 7.01. The zero-order valence-electron chi connectivity index (χ0n) is 10.4. The molecule has 0 aromatic carbocycles. The smallest absolute Gasteiger partial charge is 0.325 e. The van der Waals surface area contributed by atoms with Gasteiger partial charge in [-0.15, -0.1) is 11.6 Å². The third-order valence-corrected chi connectivity index (χ3v) is 3.87.